The molecule has 0 saturated carbocycles. The highest BCUT2D eigenvalue weighted by molar-refractivity contribution is 5.77. The van der Waals surface area contributed by atoms with Crippen LogP contribution in [0.15, 0.2) is 18.2 Å². The lowest BCUT2D eigenvalue weighted by molar-refractivity contribution is -0.159. The maximum absolute atomic E-state index is 12.1. The van der Waals surface area contributed by atoms with Crippen molar-refractivity contribution in [2.24, 2.45) is 0 Å². The van der Waals surface area contributed by atoms with Gasteiger partial charge in [0, 0.05) is 7.05 Å². The van der Waals surface area contributed by atoms with Crippen molar-refractivity contribution in [3.63, 3.8) is 0 Å². The van der Waals surface area contributed by atoms with Gasteiger partial charge in [-0.15, -0.1) is 0 Å². The standard InChI is InChI=1S/C13H16F3NO2/c1-9-4-5-10(2)11(6-9)19-7-12(18)17(3)8-13(14,15)16/h4-6H,7-8H2,1-3H3. The van der Waals surface area contributed by atoms with Gasteiger partial charge in [0.15, 0.2) is 6.61 Å². The summed E-state index contributed by atoms with van der Waals surface area (Å²) in [5.41, 5.74) is 1.79. The largest absolute Gasteiger partial charge is 0.483 e. The van der Waals surface area contributed by atoms with E-state index in [1.54, 1.807) is 13.0 Å². The second-order valence-electron chi connectivity index (χ2n) is 4.42. The van der Waals surface area contributed by atoms with Crippen LogP contribution in [0.1, 0.15) is 11.1 Å². The van der Waals surface area contributed by atoms with E-state index in [0.29, 0.717) is 10.6 Å². The van der Waals surface area contributed by atoms with Gasteiger partial charge in [0.05, 0.1) is 0 Å². The molecule has 0 aliphatic heterocycles. The molecular weight excluding hydrogens is 259 g/mol. The first-order chi connectivity index (χ1) is 8.69. The highest BCUT2D eigenvalue weighted by Crippen LogP contribution is 2.19. The third-order valence-corrected chi connectivity index (χ3v) is 2.54. The number of rotatable bonds is 4. The second-order valence-corrected chi connectivity index (χ2v) is 4.42. The number of alkyl halides is 3. The van der Waals surface area contributed by atoms with Crippen LogP contribution in [0.3, 0.4) is 0 Å². The molecule has 0 aromatic heterocycles. The van der Waals surface area contributed by atoms with E-state index in [2.05, 4.69) is 0 Å². The minimum Gasteiger partial charge on any atom is -0.483 e. The minimum atomic E-state index is -4.40. The molecule has 0 radical (unpaired) electrons. The van der Waals surface area contributed by atoms with Crippen molar-refractivity contribution in [1.82, 2.24) is 4.90 Å². The van der Waals surface area contributed by atoms with Crippen LogP contribution in [0.25, 0.3) is 0 Å². The van der Waals surface area contributed by atoms with Crippen LogP contribution in [-0.4, -0.2) is 37.2 Å². The van der Waals surface area contributed by atoms with Crippen LogP contribution in [0.2, 0.25) is 0 Å². The van der Waals surface area contributed by atoms with Gasteiger partial charge in [0.2, 0.25) is 0 Å². The molecule has 1 aromatic rings. The summed E-state index contributed by atoms with van der Waals surface area (Å²) in [6, 6.07) is 5.46. The Kier molecular flexibility index (Phi) is 4.80. The number of carbonyl (C=O) groups is 1. The van der Waals surface area contributed by atoms with Crippen molar-refractivity contribution in [3.05, 3.63) is 29.3 Å². The fourth-order valence-electron chi connectivity index (χ4n) is 1.47. The van der Waals surface area contributed by atoms with Crippen molar-refractivity contribution >= 4 is 5.91 Å². The number of hydrogen-bond acceptors (Lipinski definition) is 2. The number of benzene rings is 1. The monoisotopic (exact) mass is 275 g/mol. The SMILES string of the molecule is Cc1ccc(C)c(OCC(=O)N(C)CC(F)(F)F)c1. The number of amides is 1. The van der Waals surface area contributed by atoms with Crippen LogP contribution in [0.4, 0.5) is 13.2 Å². The molecule has 0 N–H and O–H groups in total. The number of halogens is 3. The molecular formula is C13H16F3NO2. The lowest BCUT2D eigenvalue weighted by Crippen LogP contribution is -2.38. The fraction of sp³-hybridized carbons (Fsp3) is 0.462. The third kappa shape index (κ3) is 5.19. The van der Waals surface area contributed by atoms with E-state index >= 15 is 0 Å². The average Bonchev–Trinajstić information content (AvgIpc) is 2.27. The molecule has 106 valence electrons. The second kappa shape index (κ2) is 5.95. The predicted octanol–water partition coefficient (Wildman–Crippen LogP) is 2.70. The van der Waals surface area contributed by atoms with E-state index in [1.165, 1.54) is 0 Å². The zero-order valence-electron chi connectivity index (χ0n) is 11.0. The predicted molar refractivity (Wildman–Crippen MR) is 65.1 cm³/mol. The van der Waals surface area contributed by atoms with Crippen LogP contribution >= 0.6 is 0 Å². The van der Waals surface area contributed by atoms with Gasteiger partial charge in [0.25, 0.3) is 5.91 Å². The van der Waals surface area contributed by atoms with E-state index in [0.717, 1.165) is 18.2 Å². The minimum absolute atomic E-state index is 0.406. The molecule has 19 heavy (non-hydrogen) atoms. The molecule has 1 amide bonds. The average molecular weight is 275 g/mol. The third-order valence-electron chi connectivity index (χ3n) is 2.54. The van der Waals surface area contributed by atoms with Gasteiger partial charge in [-0.2, -0.15) is 13.2 Å². The highest BCUT2D eigenvalue weighted by atomic mass is 19.4. The molecule has 0 unspecified atom stereocenters. The number of nitrogens with zero attached hydrogens (tertiary/aromatic N) is 1. The van der Waals surface area contributed by atoms with Crippen LogP contribution in [0.5, 0.6) is 5.75 Å². The normalized spacial score (nSPS) is 11.3. The molecule has 6 heteroatoms. The Morgan fingerprint density at radius 3 is 2.53 bits per heavy atom. The summed E-state index contributed by atoms with van der Waals surface area (Å²) in [5.74, 6) is -0.202. The van der Waals surface area contributed by atoms with Gasteiger partial charge in [-0.25, -0.2) is 0 Å². The zero-order chi connectivity index (χ0) is 14.6. The molecule has 0 fully saturated rings. The summed E-state index contributed by atoms with van der Waals surface area (Å²) in [4.78, 5) is 12.1. The first kappa shape index (κ1) is 15.3. The summed E-state index contributed by atoms with van der Waals surface area (Å²) >= 11 is 0. The molecule has 0 bridgehead atoms. The van der Waals surface area contributed by atoms with Gasteiger partial charge in [0.1, 0.15) is 12.3 Å². The molecule has 3 nitrogen and oxygen atoms in total. The Balaban J connectivity index is 2.57. The van der Waals surface area contributed by atoms with Crippen molar-refractivity contribution in [2.45, 2.75) is 20.0 Å². The number of likely N-dealkylation sites (N-methyl/N-ethyl adjacent to an activating group) is 1. The van der Waals surface area contributed by atoms with E-state index < -0.39 is 25.2 Å². The van der Waals surface area contributed by atoms with Crippen molar-refractivity contribution < 1.29 is 22.7 Å². The van der Waals surface area contributed by atoms with Crippen molar-refractivity contribution in [3.8, 4) is 5.75 Å². The van der Waals surface area contributed by atoms with Gasteiger partial charge in [-0.05, 0) is 31.0 Å². The van der Waals surface area contributed by atoms with E-state index in [9.17, 15) is 18.0 Å². The van der Waals surface area contributed by atoms with Crippen LogP contribution < -0.4 is 4.74 Å². The quantitative estimate of drug-likeness (QED) is 0.845. The molecule has 0 aliphatic rings. The Labute approximate surface area is 110 Å². The molecule has 0 aliphatic carbocycles. The molecule has 1 rings (SSSR count). The maximum atomic E-state index is 12.1. The summed E-state index contributed by atoms with van der Waals surface area (Å²) < 4.78 is 41.6. The van der Waals surface area contributed by atoms with Crippen LogP contribution in [0, 0.1) is 13.8 Å². The van der Waals surface area contributed by atoms with Gasteiger partial charge in [-0.3, -0.25) is 4.79 Å². The van der Waals surface area contributed by atoms with Crippen molar-refractivity contribution in [1.29, 1.82) is 0 Å². The fourth-order valence-corrected chi connectivity index (χ4v) is 1.47. The Bertz CT molecular complexity index is 458. The first-order valence-corrected chi connectivity index (χ1v) is 5.70. The zero-order valence-corrected chi connectivity index (χ0v) is 11.0. The van der Waals surface area contributed by atoms with Gasteiger partial charge in [-0.1, -0.05) is 12.1 Å². The number of aryl methyl sites for hydroxylation is 2. The Morgan fingerprint density at radius 2 is 1.95 bits per heavy atom. The summed E-state index contributed by atoms with van der Waals surface area (Å²) in [6.45, 7) is 1.99. The maximum Gasteiger partial charge on any atom is 0.406 e. The lowest BCUT2D eigenvalue weighted by Gasteiger charge is -2.19. The topological polar surface area (TPSA) is 29.5 Å². The van der Waals surface area contributed by atoms with Gasteiger partial charge < -0.3 is 9.64 Å². The Hall–Kier alpha value is -1.72. The number of hydrogen-bond donors (Lipinski definition) is 0. The van der Waals surface area contributed by atoms with E-state index in [4.69, 9.17) is 4.74 Å². The van der Waals surface area contributed by atoms with Gasteiger partial charge >= 0.3 is 6.18 Å². The summed E-state index contributed by atoms with van der Waals surface area (Å²) in [6.07, 6.45) is -4.40. The van der Waals surface area contributed by atoms with Crippen LogP contribution in [-0.2, 0) is 4.79 Å². The molecule has 0 spiro atoms. The smallest absolute Gasteiger partial charge is 0.406 e. The Morgan fingerprint density at radius 1 is 1.32 bits per heavy atom. The summed E-state index contributed by atoms with van der Waals surface area (Å²) in [7, 11) is 1.10. The lowest BCUT2D eigenvalue weighted by atomic mass is 10.1. The summed E-state index contributed by atoms with van der Waals surface area (Å²) in [5, 5.41) is 0. The molecule has 0 atom stereocenters. The number of ether oxygens (including phenoxy) is 1. The number of carbonyl (C=O) groups excluding carboxylic acids is 1. The molecule has 0 heterocycles. The van der Waals surface area contributed by atoms with Crippen molar-refractivity contribution in [2.75, 3.05) is 20.2 Å². The van der Waals surface area contributed by atoms with E-state index in [-0.39, 0.29) is 0 Å². The first-order valence-electron chi connectivity index (χ1n) is 5.70. The van der Waals surface area contributed by atoms with E-state index in [1.807, 2.05) is 19.1 Å². The molecule has 0 saturated heterocycles. The highest BCUT2D eigenvalue weighted by Gasteiger charge is 2.31. The molecule has 1 aromatic carbocycles.